The average Bonchev–Trinajstić information content (AvgIpc) is 2.88. The molecule has 0 aromatic carbocycles. The molecule has 13 nitrogen and oxygen atoms in total. The molecule has 0 saturated carbocycles. The highest BCUT2D eigenvalue weighted by molar-refractivity contribution is 5.84. The van der Waals surface area contributed by atoms with E-state index in [4.69, 9.17) is 5.11 Å². The SMILES string of the molecule is CCNC(=O)CNCC(=O)NCCCCCC(=O)NCCCCCC(=O)NCC(=O)NCCCCCC(=O)O. The maximum absolute atomic E-state index is 11.9. The van der Waals surface area contributed by atoms with Crippen LogP contribution < -0.4 is 31.9 Å². The van der Waals surface area contributed by atoms with Crippen LogP contribution in [0.15, 0.2) is 0 Å². The number of hydrogen-bond donors (Lipinski definition) is 7. The summed E-state index contributed by atoms with van der Waals surface area (Å²) in [6.45, 7) is 4.03. The predicted octanol–water partition coefficient (Wildman–Crippen LogP) is -0.0573. The summed E-state index contributed by atoms with van der Waals surface area (Å²) < 4.78 is 0. The van der Waals surface area contributed by atoms with Gasteiger partial charge in [-0.25, -0.2) is 0 Å². The fourth-order valence-electron chi connectivity index (χ4n) is 3.47. The number of carbonyl (C=O) groups is 6. The van der Waals surface area contributed by atoms with E-state index in [9.17, 15) is 28.8 Å². The zero-order chi connectivity index (χ0) is 29.1. The second-order valence-electron chi connectivity index (χ2n) is 9.21. The highest BCUT2D eigenvalue weighted by atomic mass is 16.4. The molecule has 0 unspecified atom stereocenters. The van der Waals surface area contributed by atoms with Gasteiger partial charge in [0.1, 0.15) is 0 Å². The van der Waals surface area contributed by atoms with E-state index in [1.165, 1.54) is 0 Å². The van der Waals surface area contributed by atoms with Gasteiger partial charge in [0.2, 0.25) is 29.5 Å². The van der Waals surface area contributed by atoms with E-state index in [2.05, 4.69) is 31.9 Å². The first-order valence-corrected chi connectivity index (χ1v) is 14.0. The molecule has 5 amide bonds. The minimum atomic E-state index is -0.823. The van der Waals surface area contributed by atoms with Gasteiger partial charge >= 0.3 is 5.97 Å². The second-order valence-corrected chi connectivity index (χ2v) is 9.21. The lowest BCUT2D eigenvalue weighted by molar-refractivity contribution is -0.137. The van der Waals surface area contributed by atoms with Crippen LogP contribution in [0.25, 0.3) is 0 Å². The Kier molecular flexibility index (Phi) is 23.0. The van der Waals surface area contributed by atoms with Gasteiger partial charge in [-0.3, -0.25) is 34.1 Å². The average molecular weight is 557 g/mol. The van der Waals surface area contributed by atoms with Crippen LogP contribution in [-0.4, -0.2) is 86.4 Å². The van der Waals surface area contributed by atoms with Crippen molar-refractivity contribution in [3.05, 3.63) is 0 Å². The van der Waals surface area contributed by atoms with Gasteiger partial charge in [0.05, 0.1) is 19.6 Å². The van der Waals surface area contributed by atoms with Crippen LogP contribution in [0.1, 0.15) is 84.0 Å². The lowest BCUT2D eigenvalue weighted by atomic mass is 10.1. The normalized spacial score (nSPS) is 10.4. The Bertz CT molecular complexity index is 748. The molecule has 7 N–H and O–H groups in total. The number of carboxylic acids is 1. The van der Waals surface area contributed by atoms with Crippen molar-refractivity contribution in [3.8, 4) is 0 Å². The van der Waals surface area contributed by atoms with Crippen molar-refractivity contribution in [1.82, 2.24) is 31.9 Å². The van der Waals surface area contributed by atoms with Crippen molar-refractivity contribution in [2.24, 2.45) is 0 Å². The highest BCUT2D eigenvalue weighted by Gasteiger charge is 2.06. The van der Waals surface area contributed by atoms with Crippen LogP contribution in [0.2, 0.25) is 0 Å². The van der Waals surface area contributed by atoms with Crippen molar-refractivity contribution in [1.29, 1.82) is 0 Å². The van der Waals surface area contributed by atoms with Gasteiger partial charge < -0.3 is 31.7 Å². The lowest BCUT2D eigenvalue weighted by Crippen LogP contribution is -2.39. The van der Waals surface area contributed by atoms with E-state index in [1.807, 2.05) is 6.92 Å². The number of amides is 5. The number of carbonyl (C=O) groups excluding carboxylic acids is 5. The third kappa shape index (κ3) is 26.2. The molecular formula is C26H48N6O7. The first-order valence-electron chi connectivity index (χ1n) is 14.0. The maximum atomic E-state index is 11.9. The number of nitrogens with one attached hydrogen (secondary N) is 6. The molecular weight excluding hydrogens is 508 g/mol. The third-order valence-corrected chi connectivity index (χ3v) is 5.59. The van der Waals surface area contributed by atoms with Gasteiger partial charge in [0.25, 0.3) is 0 Å². The first kappa shape index (κ1) is 35.8. The summed E-state index contributed by atoms with van der Waals surface area (Å²) in [5.41, 5.74) is 0. The zero-order valence-electron chi connectivity index (χ0n) is 23.3. The van der Waals surface area contributed by atoms with E-state index in [1.54, 1.807) is 0 Å². The molecule has 39 heavy (non-hydrogen) atoms. The fourth-order valence-corrected chi connectivity index (χ4v) is 3.47. The Morgan fingerprint density at radius 1 is 0.462 bits per heavy atom. The number of unbranched alkanes of at least 4 members (excludes halogenated alkanes) is 6. The molecule has 0 spiro atoms. The van der Waals surface area contributed by atoms with Gasteiger partial charge in [0, 0.05) is 45.4 Å². The molecule has 0 aliphatic rings. The van der Waals surface area contributed by atoms with E-state index in [0.717, 1.165) is 38.5 Å². The minimum absolute atomic E-state index is 0.0146. The quantitative estimate of drug-likeness (QED) is 0.0760. The molecule has 0 fully saturated rings. The predicted molar refractivity (Wildman–Crippen MR) is 147 cm³/mol. The van der Waals surface area contributed by atoms with Crippen molar-refractivity contribution in [2.45, 2.75) is 84.0 Å². The molecule has 0 bridgehead atoms. The summed E-state index contributed by atoms with van der Waals surface area (Å²) >= 11 is 0. The number of aliphatic carboxylic acids is 1. The first-order chi connectivity index (χ1) is 18.7. The molecule has 0 aliphatic heterocycles. The maximum Gasteiger partial charge on any atom is 0.303 e. The smallest absolute Gasteiger partial charge is 0.303 e. The zero-order valence-corrected chi connectivity index (χ0v) is 23.3. The van der Waals surface area contributed by atoms with E-state index in [-0.39, 0.29) is 55.6 Å². The summed E-state index contributed by atoms with van der Waals surface area (Å²) in [5, 5.41) is 24.9. The molecule has 0 aromatic rings. The molecule has 0 heterocycles. The van der Waals surface area contributed by atoms with Crippen molar-refractivity contribution in [2.75, 3.05) is 45.8 Å². The highest BCUT2D eigenvalue weighted by Crippen LogP contribution is 2.01. The number of rotatable bonds is 25. The van der Waals surface area contributed by atoms with Crippen LogP contribution in [-0.2, 0) is 28.8 Å². The van der Waals surface area contributed by atoms with Crippen LogP contribution >= 0.6 is 0 Å². The third-order valence-electron chi connectivity index (χ3n) is 5.59. The van der Waals surface area contributed by atoms with Gasteiger partial charge in [-0.15, -0.1) is 0 Å². The minimum Gasteiger partial charge on any atom is -0.481 e. The number of likely N-dealkylation sites (N-methyl/N-ethyl adjacent to an activating group) is 1. The molecule has 0 saturated heterocycles. The van der Waals surface area contributed by atoms with E-state index in [0.29, 0.717) is 58.3 Å². The molecule has 0 radical (unpaired) electrons. The lowest BCUT2D eigenvalue weighted by Gasteiger charge is -2.08. The summed E-state index contributed by atoms with van der Waals surface area (Å²) in [6, 6.07) is 0. The van der Waals surface area contributed by atoms with E-state index < -0.39 is 5.97 Å². The van der Waals surface area contributed by atoms with Gasteiger partial charge in [-0.05, 0) is 45.4 Å². The molecule has 13 heteroatoms. The largest absolute Gasteiger partial charge is 0.481 e. The molecule has 0 aromatic heterocycles. The van der Waals surface area contributed by atoms with Crippen molar-refractivity contribution >= 4 is 35.5 Å². The van der Waals surface area contributed by atoms with E-state index >= 15 is 0 Å². The summed E-state index contributed by atoms with van der Waals surface area (Å²) in [7, 11) is 0. The Labute approximate surface area is 231 Å². The van der Waals surface area contributed by atoms with Crippen molar-refractivity contribution < 1.29 is 33.9 Å². The Morgan fingerprint density at radius 3 is 1.36 bits per heavy atom. The topological polar surface area (TPSA) is 195 Å². The molecule has 0 rings (SSSR count). The van der Waals surface area contributed by atoms with Crippen LogP contribution in [0, 0.1) is 0 Å². The van der Waals surface area contributed by atoms with Gasteiger partial charge in [-0.1, -0.05) is 19.3 Å². The Hall–Kier alpha value is -3.22. The van der Waals surface area contributed by atoms with Gasteiger partial charge in [-0.2, -0.15) is 0 Å². The molecule has 224 valence electrons. The van der Waals surface area contributed by atoms with Crippen LogP contribution in [0.5, 0.6) is 0 Å². The van der Waals surface area contributed by atoms with Crippen molar-refractivity contribution in [3.63, 3.8) is 0 Å². The van der Waals surface area contributed by atoms with Crippen LogP contribution in [0.3, 0.4) is 0 Å². The Balaban J connectivity index is 3.50. The summed E-state index contributed by atoms with van der Waals surface area (Å²) in [4.78, 5) is 68.8. The monoisotopic (exact) mass is 556 g/mol. The molecule has 0 atom stereocenters. The van der Waals surface area contributed by atoms with Gasteiger partial charge in [0.15, 0.2) is 0 Å². The molecule has 0 aliphatic carbocycles. The van der Waals surface area contributed by atoms with Crippen LogP contribution in [0.4, 0.5) is 0 Å². The summed E-state index contributed by atoms with van der Waals surface area (Å²) in [5.74, 6) is -1.61. The standard InChI is InChI=1S/C26H48N6O7/c1-2-28-23(35)18-27-19-24(36)30-16-10-3-6-12-21(33)29-15-9-4-7-13-22(34)32-20-25(37)31-17-11-5-8-14-26(38)39/h27H,2-20H2,1H3,(H,28,35)(H,29,33)(H,30,36)(H,31,37)(H,32,34)(H,38,39). The number of carboxylic acid groups (broad SMARTS) is 1. The Morgan fingerprint density at radius 2 is 0.872 bits per heavy atom. The second kappa shape index (κ2) is 25.1. The number of hydrogen-bond acceptors (Lipinski definition) is 7. The fraction of sp³-hybridized carbons (Fsp3) is 0.769. The summed E-state index contributed by atoms with van der Waals surface area (Å²) in [6.07, 6.45) is 7.42.